The quantitative estimate of drug-likeness (QED) is 0.194. The smallest absolute Gasteiger partial charge is 0.216 e. The molecule has 0 radical (unpaired) electrons. The molecule has 2 heterocycles. The standard InChI is InChI=1S/C40H24N2O4S2/c43-36-22-8-2-3-9-23(22)37(44)34(36)41-32-16-20-14-28-26(18-30(20)47-32)27-19-31-21(15-29(27)40(28)12-6-1-7-13-40)17-33(48-31)42-35-38(45)24-10-4-5-11-25(24)39(35)46/h2-5,8-11,14-19H,1,6-7,12-13H2. The van der Waals surface area contributed by atoms with Crippen molar-refractivity contribution < 1.29 is 0 Å². The molecule has 0 aliphatic heterocycles. The van der Waals surface area contributed by atoms with Crippen LogP contribution in [0.4, 0.5) is 10.0 Å². The number of hydrogen-bond donors (Lipinski definition) is 0. The second kappa shape index (κ2) is 9.92. The summed E-state index contributed by atoms with van der Waals surface area (Å²) in [6.07, 6.45) is 5.63. The predicted molar refractivity (Wildman–Crippen MR) is 195 cm³/mol. The van der Waals surface area contributed by atoms with Crippen molar-refractivity contribution in [3.63, 3.8) is 0 Å². The fourth-order valence-electron chi connectivity index (χ4n) is 8.23. The largest absolute Gasteiger partial charge is 0.287 e. The van der Waals surface area contributed by atoms with E-state index in [0.717, 1.165) is 45.9 Å². The van der Waals surface area contributed by atoms with Crippen LogP contribution in [0.15, 0.2) is 114 Å². The van der Waals surface area contributed by atoms with E-state index in [9.17, 15) is 19.2 Å². The monoisotopic (exact) mass is 660 g/mol. The van der Waals surface area contributed by atoms with Crippen LogP contribution in [0, 0.1) is 0 Å². The highest BCUT2D eigenvalue weighted by molar-refractivity contribution is 7.23. The van der Waals surface area contributed by atoms with E-state index in [4.69, 9.17) is 0 Å². The lowest BCUT2D eigenvalue weighted by atomic mass is 9.67. The van der Waals surface area contributed by atoms with E-state index in [1.807, 2.05) is 12.1 Å². The van der Waals surface area contributed by atoms with Crippen molar-refractivity contribution in [3.8, 4) is 11.1 Å². The van der Waals surface area contributed by atoms with Crippen molar-refractivity contribution >= 4 is 74.4 Å². The van der Waals surface area contributed by atoms with Crippen molar-refractivity contribution in [2.24, 2.45) is 9.98 Å². The first-order valence-corrected chi connectivity index (χ1v) is 17.7. The zero-order valence-electron chi connectivity index (χ0n) is 25.5. The minimum atomic E-state index is -0.318. The number of thiophene rings is 2. The van der Waals surface area contributed by atoms with Crippen molar-refractivity contribution in [1.29, 1.82) is 0 Å². The van der Waals surface area contributed by atoms with E-state index >= 15 is 0 Å². The molecule has 0 saturated heterocycles. The van der Waals surface area contributed by atoms with E-state index in [-0.39, 0.29) is 37.8 Å². The second-order valence-corrected chi connectivity index (χ2v) is 15.1. The molecule has 8 aromatic rings. The van der Waals surface area contributed by atoms with Gasteiger partial charge in [-0.05, 0) is 82.3 Å². The topological polar surface area (TPSA) is 93.0 Å². The molecule has 8 heteroatoms. The number of nitrogens with zero attached hydrogens (tertiary/aromatic N) is 2. The van der Waals surface area contributed by atoms with Crippen LogP contribution in [0.3, 0.4) is 0 Å². The van der Waals surface area contributed by atoms with E-state index in [2.05, 4.69) is 34.3 Å². The molecule has 0 N–H and O–H groups in total. The van der Waals surface area contributed by atoms with Crippen molar-refractivity contribution in [2.75, 3.05) is 0 Å². The maximum absolute atomic E-state index is 13.0. The highest BCUT2D eigenvalue weighted by Crippen LogP contribution is 2.58. The summed E-state index contributed by atoms with van der Waals surface area (Å²) in [5, 5.41) is 5.05. The highest BCUT2D eigenvalue weighted by Gasteiger charge is 2.44. The molecular formula is C40H24N2O4S2. The van der Waals surface area contributed by atoms with E-state index in [0.29, 0.717) is 31.5 Å². The number of benzene rings is 4. The molecule has 10 rings (SSSR count). The lowest BCUT2D eigenvalue weighted by molar-refractivity contribution is 0.353. The van der Waals surface area contributed by atoms with Gasteiger partial charge in [0.25, 0.3) is 0 Å². The van der Waals surface area contributed by atoms with Crippen molar-refractivity contribution in [2.45, 2.75) is 37.5 Å². The molecule has 1 fully saturated rings. The van der Waals surface area contributed by atoms with Crippen LogP contribution < -0.4 is 32.4 Å². The molecule has 230 valence electrons. The summed E-state index contributed by atoms with van der Waals surface area (Å²) < 4.78 is 2.11. The van der Waals surface area contributed by atoms with Crippen LogP contribution in [0.25, 0.3) is 52.8 Å². The lowest BCUT2D eigenvalue weighted by Gasteiger charge is -2.36. The summed E-state index contributed by atoms with van der Waals surface area (Å²) in [5.74, 6) is 0. The molecule has 0 atom stereocenters. The van der Waals surface area contributed by atoms with Gasteiger partial charge in [0.15, 0.2) is 10.7 Å². The Balaban J connectivity index is 1.15. The Hall–Kier alpha value is -5.18. The van der Waals surface area contributed by atoms with Gasteiger partial charge >= 0.3 is 0 Å². The van der Waals surface area contributed by atoms with Crippen LogP contribution in [-0.4, -0.2) is 0 Å². The summed E-state index contributed by atoms with van der Waals surface area (Å²) in [7, 11) is 0. The lowest BCUT2D eigenvalue weighted by Crippen LogP contribution is -2.31. The zero-order valence-corrected chi connectivity index (χ0v) is 27.1. The van der Waals surface area contributed by atoms with Crippen LogP contribution in [-0.2, 0) is 5.41 Å². The van der Waals surface area contributed by atoms with Gasteiger partial charge in [-0.3, -0.25) is 19.2 Å². The average Bonchev–Trinajstić information content (AvgIpc) is 3.87. The summed E-state index contributed by atoms with van der Waals surface area (Å²) in [6.45, 7) is 0. The molecule has 48 heavy (non-hydrogen) atoms. The van der Waals surface area contributed by atoms with Crippen molar-refractivity contribution in [1.82, 2.24) is 0 Å². The van der Waals surface area contributed by atoms with Crippen LogP contribution >= 0.6 is 22.7 Å². The van der Waals surface area contributed by atoms with Gasteiger partial charge in [0.05, 0.1) is 0 Å². The Kier molecular flexibility index (Phi) is 5.76. The summed E-state index contributed by atoms with van der Waals surface area (Å²) in [6, 6.07) is 26.9. The number of rotatable bonds is 2. The fourth-order valence-corrected chi connectivity index (χ4v) is 10.2. The zero-order chi connectivity index (χ0) is 32.3. The predicted octanol–water partition coefficient (Wildman–Crippen LogP) is 7.31. The molecule has 6 nitrogen and oxygen atoms in total. The molecule has 6 aromatic carbocycles. The van der Waals surface area contributed by atoms with Gasteiger partial charge in [0.1, 0.15) is 10.0 Å². The first kappa shape index (κ1) is 27.9. The van der Waals surface area contributed by atoms with Gasteiger partial charge in [-0.25, -0.2) is 9.98 Å². The van der Waals surface area contributed by atoms with Crippen LogP contribution in [0.1, 0.15) is 43.2 Å². The third-order valence-corrected chi connectivity index (χ3v) is 12.4. The molecule has 0 bridgehead atoms. The Morgan fingerprint density at radius 1 is 0.500 bits per heavy atom. The van der Waals surface area contributed by atoms with E-state index in [1.165, 1.54) is 51.3 Å². The van der Waals surface area contributed by atoms with E-state index < -0.39 is 0 Å². The molecule has 2 aliphatic rings. The Labute approximate surface area is 279 Å². The maximum atomic E-state index is 13.0. The van der Waals surface area contributed by atoms with Gasteiger partial charge in [0.2, 0.25) is 21.7 Å². The van der Waals surface area contributed by atoms with Gasteiger partial charge in [-0.15, -0.1) is 22.7 Å². The minimum Gasteiger partial charge on any atom is -0.287 e. The van der Waals surface area contributed by atoms with Gasteiger partial charge < -0.3 is 0 Å². The highest BCUT2D eigenvalue weighted by atomic mass is 32.1. The fraction of sp³-hybridized carbons (Fsp3) is 0.150. The molecule has 1 saturated carbocycles. The SMILES string of the molecule is O=c1c(=Nc2cc3cc4c(cc3s2)-c2cc3sc(N=c5c(=O)c6ccccc6c5=O)cc3cc2C42CCCCC2)c(=O)c2ccccc12. The Morgan fingerprint density at radius 3 is 1.29 bits per heavy atom. The van der Waals surface area contributed by atoms with Crippen LogP contribution in [0.5, 0.6) is 0 Å². The molecule has 0 amide bonds. The van der Waals surface area contributed by atoms with E-state index in [1.54, 1.807) is 48.5 Å². The summed E-state index contributed by atoms with van der Waals surface area (Å²) in [4.78, 5) is 61.3. The first-order valence-electron chi connectivity index (χ1n) is 16.1. The third kappa shape index (κ3) is 3.78. The van der Waals surface area contributed by atoms with Gasteiger partial charge in [-0.1, -0.05) is 67.8 Å². The number of fused-ring (bicyclic) bond motifs is 9. The van der Waals surface area contributed by atoms with Crippen molar-refractivity contribution in [3.05, 3.63) is 148 Å². The summed E-state index contributed by atoms with van der Waals surface area (Å²) >= 11 is 2.98. The molecular weight excluding hydrogens is 637 g/mol. The summed E-state index contributed by atoms with van der Waals surface area (Å²) in [5.41, 5.74) is 3.71. The average molecular weight is 661 g/mol. The van der Waals surface area contributed by atoms with Crippen LogP contribution in [0.2, 0.25) is 0 Å². The number of hydrogen-bond acceptors (Lipinski definition) is 8. The van der Waals surface area contributed by atoms with Gasteiger partial charge in [-0.2, -0.15) is 0 Å². The normalized spacial score (nSPS) is 15.2. The molecule has 0 unspecified atom stereocenters. The Bertz CT molecular complexity index is 2730. The minimum absolute atomic E-state index is 0.0197. The molecule has 1 spiro atoms. The molecule has 2 aliphatic carbocycles. The Morgan fingerprint density at radius 2 is 0.896 bits per heavy atom. The third-order valence-electron chi connectivity index (χ3n) is 10.5. The molecule has 2 aromatic heterocycles. The first-order chi connectivity index (χ1) is 23.4. The second-order valence-electron chi connectivity index (χ2n) is 13.0. The van der Waals surface area contributed by atoms with Gasteiger partial charge in [0, 0.05) is 36.4 Å². The maximum Gasteiger partial charge on any atom is 0.216 e.